The summed E-state index contributed by atoms with van der Waals surface area (Å²) in [5.41, 5.74) is 17.8. The van der Waals surface area contributed by atoms with E-state index >= 15 is 0 Å². The molecule has 0 aliphatic rings. The predicted octanol–water partition coefficient (Wildman–Crippen LogP) is 17.5. The number of benzene rings is 11. The zero-order valence-corrected chi connectivity index (χ0v) is 34.8. The van der Waals surface area contributed by atoms with Gasteiger partial charge in [0.25, 0.3) is 0 Å². The van der Waals surface area contributed by atoms with E-state index in [0.717, 1.165) is 17.1 Å². The van der Waals surface area contributed by atoms with Crippen LogP contribution >= 0.6 is 0 Å². The Kier molecular flexibility index (Phi) is 9.97. The van der Waals surface area contributed by atoms with Gasteiger partial charge < -0.3 is 4.90 Å². The van der Waals surface area contributed by atoms with E-state index in [1.165, 1.54) is 88.3 Å². The molecule has 0 amide bonds. The molecule has 0 aromatic heterocycles. The largest absolute Gasteiger partial charge is 0.311 e. The Morgan fingerprint density at radius 2 is 0.429 bits per heavy atom. The van der Waals surface area contributed by atoms with Gasteiger partial charge in [-0.1, -0.05) is 212 Å². The monoisotopic (exact) mass is 801 g/mol. The van der Waals surface area contributed by atoms with Crippen molar-refractivity contribution >= 4 is 38.6 Å². The normalized spacial score (nSPS) is 11.2. The molecular formula is C62H43N. The molecule has 0 aliphatic heterocycles. The van der Waals surface area contributed by atoms with Crippen LogP contribution in [0.15, 0.2) is 261 Å². The molecule has 1 nitrogen and oxygen atoms in total. The van der Waals surface area contributed by atoms with Gasteiger partial charge in [0.15, 0.2) is 0 Å². The first kappa shape index (κ1) is 37.7. The minimum absolute atomic E-state index is 1.09. The fourth-order valence-corrected chi connectivity index (χ4v) is 9.19. The maximum absolute atomic E-state index is 2.37. The van der Waals surface area contributed by atoms with Crippen LogP contribution in [0.1, 0.15) is 0 Å². The molecule has 0 heterocycles. The third-order valence-electron chi connectivity index (χ3n) is 12.3. The van der Waals surface area contributed by atoms with E-state index in [1.54, 1.807) is 0 Å². The Labute approximate surface area is 369 Å². The van der Waals surface area contributed by atoms with Crippen molar-refractivity contribution in [2.75, 3.05) is 4.90 Å². The van der Waals surface area contributed by atoms with E-state index in [0.29, 0.717) is 0 Å². The van der Waals surface area contributed by atoms with Crippen molar-refractivity contribution in [2.24, 2.45) is 0 Å². The molecule has 11 aromatic carbocycles. The summed E-state index contributed by atoms with van der Waals surface area (Å²) in [6.45, 7) is 0. The van der Waals surface area contributed by atoms with Crippen molar-refractivity contribution in [3.63, 3.8) is 0 Å². The Balaban J connectivity index is 1.01. The van der Waals surface area contributed by atoms with Crippen LogP contribution in [0.5, 0.6) is 0 Å². The summed E-state index contributed by atoms with van der Waals surface area (Å²) in [6, 6.07) is 94.5. The fourth-order valence-electron chi connectivity index (χ4n) is 9.19. The molecule has 63 heavy (non-hydrogen) atoms. The van der Waals surface area contributed by atoms with Gasteiger partial charge in [-0.05, 0) is 137 Å². The zero-order valence-electron chi connectivity index (χ0n) is 34.8. The first-order chi connectivity index (χ1) is 31.2. The third-order valence-corrected chi connectivity index (χ3v) is 12.3. The lowest BCUT2D eigenvalue weighted by Gasteiger charge is -2.26. The Hall–Kier alpha value is -8.26. The van der Waals surface area contributed by atoms with Crippen molar-refractivity contribution < 1.29 is 0 Å². The van der Waals surface area contributed by atoms with E-state index in [9.17, 15) is 0 Å². The molecule has 11 rings (SSSR count). The molecule has 0 fully saturated rings. The first-order valence-electron chi connectivity index (χ1n) is 21.7. The van der Waals surface area contributed by atoms with Gasteiger partial charge >= 0.3 is 0 Å². The second-order valence-corrected chi connectivity index (χ2v) is 16.1. The first-order valence-corrected chi connectivity index (χ1v) is 21.7. The Bertz CT molecular complexity index is 3210. The minimum atomic E-state index is 1.09. The highest BCUT2D eigenvalue weighted by atomic mass is 15.1. The van der Waals surface area contributed by atoms with Gasteiger partial charge in [-0.3, -0.25) is 0 Å². The maximum atomic E-state index is 2.37. The topological polar surface area (TPSA) is 3.24 Å². The quantitative estimate of drug-likeness (QED) is 0.131. The molecular weight excluding hydrogens is 759 g/mol. The van der Waals surface area contributed by atoms with E-state index < -0.39 is 0 Å². The zero-order chi connectivity index (χ0) is 42.0. The van der Waals surface area contributed by atoms with E-state index in [4.69, 9.17) is 0 Å². The number of nitrogens with zero attached hydrogens (tertiary/aromatic N) is 1. The van der Waals surface area contributed by atoms with Gasteiger partial charge in [0.2, 0.25) is 0 Å². The lowest BCUT2D eigenvalue weighted by molar-refractivity contribution is 1.28. The van der Waals surface area contributed by atoms with Crippen LogP contribution in [0.3, 0.4) is 0 Å². The van der Waals surface area contributed by atoms with E-state index in [2.05, 4.69) is 266 Å². The lowest BCUT2D eigenvalue weighted by atomic mass is 9.85. The van der Waals surface area contributed by atoms with Crippen LogP contribution in [0.25, 0.3) is 88.3 Å². The van der Waals surface area contributed by atoms with Gasteiger partial charge in [0, 0.05) is 17.1 Å². The van der Waals surface area contributed by atoms with Gasteiger partial charge in [0.1, 0.15) is 0 Å². The van der Waals surface area contributed by atoms with Crippen LogP contribution in [0.4, 0.5) is 17.1 Å². The summed E-state index contributed by atoms with van der Waals surface area (Å²) in [5.74, 6) is 0. The lowest BCUT2D eigenvalue weighted by Crippen LogP contribution is -2.09. The average molecular weight is 802 g/mol. The Morgan fingerprint density at radius 1 is 0.175 bits per heavy atom. The van der Waals surface area contributed by atoms with Crippen LogP contribution < -0.4 is 4.90 Å². The number of anilines is 3. The summed E-state index contributed by atoms with van der Waals surface area (Å²) in [6.07, 6.45) is 0. The highest BCUT2D eigenvalue weighted by Gasteiger charge is 2.19. The van der Waals surface area contributed by atoms with Gasteiger partial charge in [-0.2, -0.15) is 0 Å². The van der Waals surface area contributed by atoms with Crippen molar-refractivity contribution in [3.05, 3.63) is 261 Å². The van der Waals surface area contributed by atoms with Crippen molar-refractivity contribution in [1.82, 2.24) is 0 Å². The summed E-state index contributed by atoms with van der Waals surface area (Å²) in [4.78, 5) is 2.37. The van der Waals surface area contributed by atoms with Gasteiger partial charge in [-0.15, -0.1) is 0 Å². The predicted molar refractivity (Wildman–Crippen MR) is 269 cm³/mol. The highest BCUT2D eigenvalue weighted by Crippen LogP contribution is 2.46. The van der Waals surface area contributed by atoms with Crippen molar-refractivity contribution in [3.8, 4) is 66.8 Å². The number of hydrogen-bond acceptors (Lipinski definition) is 1. The summed E-state index contributed by atoms with van der Waals surface area (Å²) in [5, 5.41) is 5.03. The molecule has 0 N–H and O–H groups in total. The fraction of sp³-hybridized carbons (Fsp3) is 0. The third kappa shape index (κ3) is 7.37. The SMILES string of the molecule is c1ccc(-c2cccc(-c3ccc(N(c4ccc(-c5cccc(-c6ccccc6)c5)cc4)c4ccc(-c5c(-c6ccccc6)c6ccccc6c6ccccc56)cc4)cc3)c2)cc1. The van der Waals surface area contributed by atoms with E-state index in [1.807, 2.05) is 0 Å². The van der Waals surface area contributed by atoms with Gasteiger partial charge in [-0.25, -0.2) is 0 Å². The average Bonchev–Trinajstić information content (AvgIpc) is 3.37. The highest BCUT2D eigenvalue weighted by molar-refractivity contribution is 6.21. The number of rotatable bonds is 9. The molecule has 0 saturated carbocycles. The molecule has 0 unspecified atom stereocenters. The minimum Gasteiger partial charge on any atom is -0.311 e. The molecule has 0 saturated heterocycles. The molecule has 296 valence electrons. The smallest absolute Gasteiger partial charge is 0.0462 e. The molecule has 1 heteroatoms. The second kappa shape index (κ2) is 16.7. The van der Waals surface area contributed by atoms with E-state index in [-0.39, 0.29) is 0 Å². The van der Waals surface area contributed by atoms with Crippen molar-refractivity contribution in [1.29, 1.82) is 0 Å². The van der Waals surface area contributed by atoms with Crippen LogP contribution in [0, 0.1) is 0 Å². The Morgan fingerprint density at radius 3 is 0.794 bits per heavy atom. The van der Waals surface area contributed by atoms with Crippen molar-refractivity contribution in [2.45, 2.75) is 0 Å². The van der Waals surface area contributed by atoms with Crippen LogP contribution in [0.2, 0.25) is 0 Å². The number of fused-ring (bicyclic) bond motifs is 3. The molecule has 11 aromatic rings. The summed E-state index contributed by atoms with van der Waals surface area (Å²) < 4.78 is 0. The maximum Gasteiger partial charge on any atom is 0.0462 e. The molecule has 0 radical (unpaired) electrons. The second-order valence-electron chi connectivity index (χ2n) is 16.1. The van der Waals surface area contributed by atoms with Crippen LogP contribution in [-0.2, 0) is 0 Å². The van der Waals surface area contributed by atoms with Gasteiger partial charge in [0.05, 0.1) is 0 Å². The number of hydrogen-bond donors (Lipinski definition) is 0. The molecule has 0 spiro atoms. The molecule has 0 atom stereocenters. The molecule has 0 bridgehead atoms. The summed E-state index contributed by atoms with van der Waals surface area (Å²) in [7, 11) is 0. The summed E-state index contributed by atoms with van der Waals surface area (Å²) >= 11 is 0. The standard InChI is InChI=1S/C62H43N/c1-4-16-44(17-5-1)50-22-14-24-52(42-50)46-30-36-54(37-31-46)63(55-38-32-47(33-39-55)53-25-15-23-51(43-53)45-18-6-2-7-19-45)56-40-34-49(35-41-56)62-60-29-13-11-27-58(60)57-26-10-12-28-59(57)61(62)48-20-8-3-9-21-48/h1-43H. The van der Waals surface area contributed by atoms with Crippen LogP contribution in [-0.4, -0.2) is 0 Å². The molecule has 0 aliphatic carbocycles.